The molecule has 1 unspecified atom stereocenters. The molecule has 15 heteroatoms. The van der Waals surface area contributed by atoms with Crippen LogP contribution in [0.1, 0.15) is 36.2 Å². The molecule has 0 saturated carbocycles. The molecule has 1 atom stereocenters. The van der Waals surface area contributed by atoms with Gasteiger partial charge in [0.2, 0.25) is 5.82 Å². The van der Waals surface area contributed by atoms with E-state index in [0.29, 0.717) is 5.82 Å². The fraction of sp³-hybridized carbons (Fsp3) is 0.375. The Morgan fingerprint density at radius 2 is 1.77 bits per heavy atom. The fourth-order valence-corrected chi connectivity index (χ4v) is 4.18. The lowest BCUT2D eigenvalue weighted by atomic mass is 9.76. The van der Waals surface area contributed by atoms with Gasteiger partial charge in [-0.3, -0.25) is 4.79 Å². The summed E-state index contributed by atoms with van der Waals surface area (Å²) < 4.78 is 86.6. The van der Waals surface area contributed by atoms with Crippen LogP contribution in [-0.4, -0.2) is 64.6 Å². The number of ether oxygens (including phenoxy) is 1. The second-order valence-electron chi connectivity index (χ2n) is 9.01. The Labute approximate surface area is 218 Å². The fourth-order valence-electron chi connectivity index (χ4n) is 4.18. The highest BCUT2D eigenvalue weighted by atomic mass is 19.4. The number of hydrogen-bond donors (Lipinski definition) is 2. The van der Waals surface area contributed by atoms with Crippen molar-refractivity contribution in [3.05, 3.63) is 59.5 Å². The average Bonchev–Trinajstić information content (AvgIpc) is 3.40. The second kappa shape index (κ2) is 10.5. The van der Waals surface area contributed by atoms with E-state index in [0.717, 1.165) is 12.1 Å². The standard InChI is InChI=1S/C24H23F6N7O2/c1-37(2)18-9-4-14(13-31-18)17-12-22(24(28,29)30,32-21(38)19(17)20-33-35-36-34-20)15-5-7-16(8-6-15)39-11-3-10-23(25,26)27/h4-9,13H,3,10-12H2,1-2H3,(H,32,38)(H,33,34,35,36). The lowest BCUT2D eigenvalue weighted by Gasteiger charge is -2.41. The summed E-state index contributed by atoms with van der Waals surface area (Å²) in [5, 5.41) is 15.3. The number of pyridine rings is 1. The first-order chi connectivity index (χ1) is 18.3. The Bertz CT molecular complexity index is 1320. The minimum Gasteiger partial charge on any atom is -0.494 e. The summed E-state index contributed by atoms with van der Waals surface area (Å²) in [6.07, 6.45) is -10.00. The summed E-state index contributed by atoms with van der Waals surface area (Å²) in [6.45, 7) is -0.267. The number of rotatable bonds is 8. The summed E-state index contributed by atoms with van der Waals surface area (Å²) in [5.41, 5.74) is -3.07. The molecule has 0 fully saturated rings. The van der Waals surface area contributed by atoms with Crippen LogP contribution in [0, 0.1) is 0 Å². The summed E-state index contributed by atoms with van der Waals surface area (Å²) in [4.78, 5) is 19.2. The normalized spacial score (nSPS) is 18.2. The Morgan fingerprint density at radius 3 is 2.31 bits per heavy atom. The van der Waals surface area contributed by atoms with Gasteiger partial charge in [0.15, 0.2) is 5.54 Å². The first-order valence-electron chi connectivity index (χ1n) is 11.6. The van der Waals surface area contributed by atoms with Crippen molar-refractivity contribution >= 4 is 22.9 Å². The lowest BCUT2D eigenvalue weighted by molar-refractivity contribution is -0.201. The number of carbonyl (C=O) groups is 1. The van der Waals surface area contributed by atoms with E-state index < -0.39 is 36.6 Å². The number of halogens is 6. The molecule has 3 heterocycles. The van der Waals surface area contributed by atoms with Gasteiger partial charge in [-0.25, -0.2) is 4.98 Å². The number of nitrogens with zero attached hydrogens (tertiary/aromatic N) is 5. The lowest BCUT2D eigenvalue weighted by Crippen LogP contribution is -2.58. The number of amides is 1. The predicted molar refractivity (Wildman–Crippen MR) is 127 cm³/mol. The van der Waals surface area contributed by atoms with E-state index in [9.17, 15) is 31.1 Å². The molecule has 208 valence electrons. The van der Waals surface area contributed by atoms with Crippen LogP contribution in [0.25, 0.3) is 11.1 Å². The number of alkyl halides is 6. The Balaban J connectivity index is 1.72. The maximum absolute atomic E-state index is 14.8. The number of carbonyl (C=O) groups excluding carboxylic acids is 1. The molecule has 0 bridgehead atoms. The highest BCUT2D eigenvalue weighted by molar-refractivity contribution is 6.27. The van der Waals surface area contributed by atoms with E-state index in [1.54, 1.807) is 31.1 Å². The zero-order chi connectivity index (χ0) is 28.4. The van der Waals surface area contributed by atoms with Gasteiger partial charge in [0.25, 0.3) is 5.91 Å². The molecule has 9 nitrogen and oxygen atoms in total. The summed E-state index contributed by atoms with van der Waals surface area (Å²) >= 11 is 0. The monoisotopic (exact) mass is 555 g/mol. The topological polar surface area (TPSA) is 109 Å². The van der Waals surface area contributed by atoms with Gasteiger partial charge in [-0.2, -0.15) is 31.6 Å². The van der Waals surface area contributed by atoms with Crippen LogP contribution in [-0.2, 0) is 10.3 Å². The summed E-state index contributed by atoms with van der Waals surface area (Å²) in [6, 6.07) is 7.83. The van der Waals surface area contributed by atoms with Crippen LogP contribution >= 0.6 is 0 Å². The van der Waals surface area contributed by atoms with Crippen LogP contribution in [0.2, 0.25) is 0 Å². The van der Waals surface area contributed by atoms with Gasteiger partial charge in [-0.05, 0) is 52.6 Å². The van der Waals surface area contributed by atoms with Gasteiger partial charge in [0.1, 0.15) is 11.6 Å². The molecule has 0 spiro atoms. The quantitative estimate of drug-likeness (QED) is 0.316. The van der Waals surface area contributed by atoms with Crippen molar-refractivity contribution in [2.45, 2.75) is 37.2 Å². The molecular weight excluding hydrogens is 532 g/mol. The third-order valence-corrected chi connectivity index (χ3v) is 6.13. The molecule has 2 N–H and O–H groups in total. The SMILES string of the molecule is CN(C)c1ccc(C2=C(c3nn[nH]n3)C(=O)NC(c3ccc(OCCCC(F)(F)F)cc3)(C(F)(F)F)C2)cn1. The minimum absolute atomic E-state index is 0.00255. The third kappa shape index (κ3) is 5.96. The average molecular weight is 555 g/mol. The van der Waals surface area contributed by atoms with E-state index in [2.05, 4.69) is 30.9 Å². The Morgan fingerprint density at radius 1 is 1.05 bits per heavy atom. The van der Waals surface area contributed by atoms with Crippen LogP contribution in [0.5, 0.6) is 5.75 Å². The van der Waals surface area contributed by atoms with Crippen molar-refractivity contribution < 1.29 is 35.9 Å². The largest absolute Gasteiger partial charge is 0.494 e. The minimum atomic E-state index is -4.96. The maximum Gasteiger partial charge on any atom is 0.416 e. The van der Waals surface area contributed by atoms with E-state index in [-0.39, 0.29) is 46.9 Å². The molecule has 1 amide bonds. The van der Waals surface area contributed by atoms with Gasteiger partial charge in [0.05, 0.1) is 12.2 Å². The van der Waals surface area contributed by atoms with Crippen LogP contribution < -0.4 is 15.0 Å². The Kier molecular flexibility index (Phi) is 7.52. The van der Waals surface area contributed by atoms with E-state index in [4.69, 9.17) is 4.74 Å². The first-order valence-corrected chi connectivity index (χ1v) is 11.6. The predicted octanol–water partition coefficient (Wildman–Crippen LogP) is 4.27. The van der Waals surface area contributed by atoms with Gasteiger partial charge in [-0.15, -0.1) is 10.2 Å². The molecule has 1 aromatic carbocycles. The number of tetrazole rings is 1. The van der Waals surface area contributed by atoms with Gasteiger partial charge >= 0.3 is 12.4 Å². The number of nitrogens with one attached hydrogen (secondary N) is 2. The zero-order valence-electron chi connectivity index (χ0n) is 20.7. The molecule has 1 aliphatic heterocycles. The molecule has 0 radical (unpaired) electrons. The highest BCUT2D eigenvalue weighted by Crippen LogP contribution is 2.49. The zero-order valence-corrected chi connectivity index (χ0v) is 20.7. The van der Waals surface area contributed by atoms with Crippen LogP contribution in [0.4, 0.5) is 32.2 Å². The molecule has 4 rings (SSSR count). The van der Waals surface area contributed by atoms with Crippen LogP contribution in [0.3, 0.4) is 0 Å². The van der Waals surface area contributed by atoms with Crippen LogP contribution in [0.15, 0.2) is 42.6 Å². The molecule has 1 aliphatic rings. The van der Waals surface area contributed by atoms with Gasteiger partial charge in [0, 0.05) is 33.1 Å². The second-order valence-corrected chi connectivity index (χ2v) is 9.01. The molecule has 2 aromatic heterocycles. The number of H-pyrrole nitrogens is 1. The number of hydrogen-bond acceptors (Lipinski definition) is 7. The summed E-state index contributed by atoms with van der Waals surface area (Å²) in [7, 11) is 3.50. The van der Waals surface area contributed by atoms with Crippen molar-refractivity contribution in [1.29, 1.82) is 0 Å². The van der Waals surface area contributed by atoms with Gasteiger partial charge < -0.3 is 15.0 Å². The number of anilines is 1. The molecule has 3 aromatic rings. The molecule has 0 saturated heterocycles. The van der Waals surface area contributed by atoms with Crippen molar-refractivity contribution in [3.8, 4) is 5.75 Å². The van der Waals surface area contributed by atoms with E-state index >= 15 is 0 Å². The summed E-state index contributed by atoms with van der Waals surface area (Å²) in [5.74, 6) is -0.613. The first kappa shape index (κ1) is 27.9. The molecule has 39 heavy (non-hydrogen) atoms. The Hall–Kier alpha value is -4.17. The molecule has 0 aliphatic carbocycles. The van der Waals surface area contributed by atoms with E-state index in [1.807, 2.05) is 0 Å². The third-order valence-electron chi connectivity index (χ3n) is 6.13. The number of benzene rings is 1. The van der Waals surface area contributed by atoms with Crippen molar-refractivity contribution in [2.24, 2.45) is 0 Å². The number of aromatic amines is 1. The molecular formula is C24H23F6N7O2. The van der Waals surface area contributed by atoms with Gasteiger partial charge in [-0.1, -0.05) is 12.1 Å². The highest BCUT2D eigenvalue weighted by Gasteiger charge is 2.60. The van der Waals surface area contributed by atoms with Crippen molar-refractivity contribution in [2.75, 3.05) is 25.6 Å². The smallest absolute Gasteiger partial charge is 0.416 e. The maximum atomic E-state index is 14.8. The van der Waals surface area contributed by atoms with E-state index in [1.165, 1.54) is 18.3 Å². The van der Waals surface area contributed by atoms with Crippen molar-refractivity contribution in [3.63, 3.8) is 0 Å². The van der Waals surface area contributed by atoms with Crippen molar-refractivity contribution in [1.82, 2.24) is 30.9 Å². The number of aromatic nitrogens is 5.